The lowest BCUT2D eigenvalue weighted by atomic mass is 9.96. The number of morpholine rings is 1. The van der Waals surface area contributed by atoms with E-state index in [1.807, 2.05) is 18.4 Å². The van der Waals surface area contributed by atoms with Crippen LogP contribution in [0.25, 0.3) is 0 Å². The van der Waals surface area contributed by atoms with Crippen LogP contribution in [0.3, 0.4) is 0 Å². The highest BCUT2D eigenvalue weighted by molar-refractivity contribution is 7.10. The molecule has 1 aromatic carbocycles. The zero-order valence-corrected chi connectivity index (χ0v) is 22.6. The molecule has 7 nitrogen and oxygen atoms in total. The molecule has 2 heterocycles. The predicted octanol–water partition coefficient (Wildman–Crippen LogP) is 4.40. The third-order valence-electron chi connectivity index (χ3n) is 7.28. The zero-order valence-electron chi connectivity index (χ0n) is 21.8. The summed E-state index contributed by atoms with van der Waals surface area (Å²) in [5, 5.41) is 5.22. The van der Waals surface area contributed by atoms with Crippen LogP contribution in [-0.4, -0.2) is 78.6 Å². The Morgan fingerprint density at radius 1 is 1.05 bits per heavy atom. The van der Waals surface area contributed by atoms with Gasteiger partial charge in [0.1, 0.15) is 12.4 Å². The van der Waals surface area contributed by atoms with Crippen LogP contribution in [0.15, 0.2) is 35.7 Å². The standard InChI is InChI=1S/C28H39FN4O3S/c1-22-11-18-37-26(22)20-33(19-23-7-9-24(29)10-8-23)27(34)21-32(13-12-31-14-16-36-17-15-31)28(35)30-25-5-3-2-4-6-25/h7-11,18,25H,2-6,12-17,19-21H2,1H3,(H,30,35). The molecule has 0 bridgehead atoms. The second kappa shape index (κ2) is 13.9. The van der Waals surface area contributed by atoms with E-state index in [2.05, 4.69) is 10.2 Å². The monoisotopic (exact) mass is 530 g/mol. The lowest BCUT2D eigenvalue weighted by Crippen LogP contribution is -2.52. The molecule has 2 fully saturated rings. The number of urea groups is 1. The van der Waals surface area contributed by atoms with Crippen LogP contribution in [0.5, 0.6) is 0 Å². The van der Waals surface area contributed by atoms with Gasteiger partial charge in [-0.05, 0) is 54.5 Å². The van der Waals surface area contributed by atoms with Crippen molar-refractivity contribution >= 4 is 23.3 Å². The van der Waals surface area contributed by atoms with Crippen LogP contribution in [0.4, 0.5) is 9.18 Å². The van der Waals surface area contributed by atoms with Gasteiger partial charge in [0, 0.05) is 43.6 Å². The Morgan fingerprint density at radius 2 is 1.78 bits per heavy atom. The Morgan fingerprint density at radius 3 is 2.46 bits per heavy atom. The van der Waals surface area contributed by atoms with Gasteiger partial charge in [0.2, 0.25) is 5.91 Å². The molecular weight excluding hydrogens is 491 g/mol. The van der Waals surface area contributed by atoms with Crippen LogP contribution in [0, 0.1) is 12.7 Å². The Balaban J connectivity index is 1.46. The maximum atomic E-state index is 13.7. The lowest BCUT2D eigenvalue weighted by molar-refractivity contribution is -0.133. The van der Waals surface area contributed by atoms with E-state index in [1.54, 1.807) is 33.3 Å². The minimum Gasteiger partial charge on any atom is -0.379 e. The van der Waals surface area contributed by atoms with Gasteiger partial charge in [-0.3, -0.25) is 9.69 Å². The molecule has 9 heteroatoms. The van der Waals surface area contributed by atoms with E-state index in [0.717, 1.165) is 54.8 Å². The smallest absolute Gasteiger partial charge is 0.318 e. The molecule has 0 atom stereocenters. The summed E-state index contributed by atoms with van der Waals surface area (Å²) in [5.41, 5.74) is 2.00. The largest absolute Gasteiger partial charge is 0.379 e. The van der Waals surface area contributed by atoms with Gasteiger partial charge in [0.25, 0.3) is 0 Å². The second-order valence-corrected chi connectivity index (χ2v) is 11.1. The van der Waals surface area contributed by atoms with Crippen LogP contribution in [0.1, 0.15) is 48.1 Å². The molecule has 2 aromatic rings. The number of hydrogen-bond acceptors (Lipinski definition) is 5. The predicted molar refractivity (Wildman–Crippen MR) is 144 cm³/mol. The third-order valence-corrected chi connectivity index (χ3v) is 8.29. The van der Waals surface area contributed by atoms with Crippen LogP contribution >= 0.6 is 11.3 Å². The lowest BCUT2D eigenvalue weighted by Gasteiger charge is -2.33. The number of thiophene rings is 1. The van der Waals surface area contributed by atoms with Crippen molar-refractivity contribution < 1.29 is 18.7 Å². The molecule has 1 aliphatic carbocycles. The summed E-state index contributed by atoms with van der Waals surface area (Å²) >= 11 is 1.62. The van der Waals surface area contributed by atoms with Crippen LogP contribution in [0.2, 0.25) is 0 Å². The maximum Gasteiger partial charge on any atom is 0.318 e. The van der Waals surface area contributed by atoms with Gasteiger partial charge in [0.05, 0.1) is 19.8 Å². The number of nitrogens with one attached hydrogen (secondary N) is 1. The molecule has 1 N–H and O–H groups in total. The first-order valence-corrected chi connectivity index (χ1v) is 14.3. The number of halogens is 1. The number of carbonyl (C=O) groups is 2. The summed E-state index contributed by atoms with van der Waals surface area (Å²) in [6, 6.07) is 8.31. The number of ether oxygens (including phenoxy) is 1. The molecule has 4 rings (SSSR count). The molecule has 3 amide bonds. The first-order chi connectivity index (χ1) is 18.0. The fraction of sp³-hybridized carbons (Fsp3) is 0.571. The highest BCUT2D eigenvalue weighted by Gasteiger charge is 2.25. The Kier molecular flexibility index (Phi) is 10.3. The first kappa shape index (κ1) is 27.5. The number of amides is 3. The van der Waals surface area contributed by atoms with E-state index in [9.17, 15) is 14.0 Å². The highest BCUT2D eigenvalue weighted by Crippen LogP contribution is 2.21. The van der Waals surface area contributed by atoms with Gasteiger partial charge in [-0.2, -0.15) is 0 Å². The molecule has 1 saturated carbocycles. The van der Waals surface area contributed by atoms with E-state index in [4.69, 9.17) is 4.74 Å². The van der Waals surface area contributed by atoms with Crippen molar-refractivity contribution in [1.82, 2.24) is 20.0 Å². The van der Waals surface area contributed by atoms with Gasteiger partial charge in [0.15, 0.2) is 0 Å². The van der Waals surface area contributed by atoms with Gasteiger partial charge in [-0.15, -0.1) is 11.3 Å². The van der Waals surface area contributed by atoms with Crippen molar-refractivity contribution in [2.24, 2.45) is 0 Å². The number of benzene rings is 1. The van der Waals surface area contributed by atoms with Crippen molar-refractivity contribution in [3.8, 4) is 0 Å². The number of aryl methyl sites for hydroxylation is 1. The van der Waals surface area contributed by atoms with E-state index in [1.165, 1.54) is 18.6 Å². The zero-order chi connectivity index (χ0) is 26.0. The van der Waals surface area contributed by atoms with E-state index in [-0.39, 0.29) is 30.3 Å². The quantitative estimate of drug-likeness (QED) is 0.495. The van der Waals surface area contributed by atoms with E-state index >= 15 is 0 Å². The molecule has 37 heavy (non-hydrogen) atoms. The van der Waals surface area contributed by atoms with Crippen molar-refractivity contribution in [2.75, 3.05) is 45.9 Å². The van der Waals surface area contributed by atoms with Crippen LogP contribution < -0.4 is 5.32 Å². The summed E-state index contributed by atoms with van der Waals surface area (Å²) in [6.07, 6.45) is 5.45. The summed E-state index contributed by atoms with van der Waals surface area (Å²) in [5.74, 6) is -0.415. The van der Waals surface area contributed by atoms with E-state index in [0.29, 0.717) is 39.4 Å². The van der Waals surface area contributed by atoms with Crippen molar-refractivity contribution in [2.45, 2.75) is 58.2 Å². The van der Waals surface area contributed by atoms with Crippen molar-refractivity contribution in [3.63, 3.8) is 0 Å². The average molecular weight is 531 g/mol. The Labute approximate surface area is 223 Å². The molecule has 0 spiro atoms. The molecular formula is C28H39FN4O3S. The van der Waals surface area contributed by atoms with Crippen molar-refractivity contribution in [1.29, 1.82) is 0 Å². The molecule has 0 unspecified atom stereocenters. The Bertz CT molecular complexity index is 1000. The number of rotatable bonds is 10. The summed E-state index contributed by atoms with van der Waals surface area (Å²) < 4.78 is 18.9. The second-order valence-electron chi connectivity index (χ2n) is 10.1. The molecule has 1 aliphatic heterocycles. The Hall–Kier alpha value is -2.49. The van der Waals surface area contributed by atoms with Gasteiger partial charge >= 0.3 is 6.03 Å². The summed E-state index contributed by atoms with van der Waals surface area (Å²) in [4.78, 5) is 33.9. The summed E-state index contributed by atoms with van der Waals surface area (Å²) in [7, 11) is 0. The molecule has 202 valence electrons. The van der Waals surface area contributed by atoms with Gasteiger partial charge in [-0.1, -0.05) is 31.4 Å². The first-order valence-electron chi connectivity index (χ1n) is 13.4. The van der Waals surface area contributed by atoms with Crippen molar-refractivity contribution in [3.05, 3.63) is 57.5 Å². The van der Waals surface area contributed by atoms with Gasteiger partial charge in [-0.25, -0.2) is 9.18 Å². The van der Waals surface area contributed by atoms with Gasteiger partial charge < -0.3 is 19.9 Å². The normalized spacial score (nSPS) is 16.9. The average Bonchev–Trinajstić information content (AvgIpc) is 3.32. The molecule has 2 aliphatic rings. The third kappa shape index (κ3) is 8.51. The highest BCUT2D eigenvalue weighted by atomic mass is 32.1. The fourth-order valence-corrected chi connectivity index (χ4v) is 5.82. The maximum absolute atomic E-state index is 13.7. The molecule has 1 aromatic heterocycles. The minimum atomic E-state index is -0.301. The number of carbonyl (C=O) groups excluding carboxylic acids is 2. The molecule has 1 saturated heterocycles. The van der Waals surface area contributed by atoms with Crippen LogP contribution in [-0.2, 0) is 22.6 Å². The fourth-order valence-electron chi connectivity index (χ4n) is 4.90. The topological polar surface area (TPSA) is 65.1 Å². The summed E-state index contributed by atoms with van der Waals surface area (Å²) in [6.45, 7) is 7.11. The van der Waals surface area contributed by atoms with E-state index < -0.39 is 0 Å². The number of nitrogens with zero attached hydrogens (tertiary/aromatic N) is 3. The molecule has 0 radical (unpaired) electrons. The minimum absolute atomic E-state index is 0.00844. The SMILES string of the molecule is Cc1ccsc1CN(Cc1ccc(F)cc1)C(=O)CN(CCN1CCOCC1)C(=O)NC1CCCCC1. The number of hydrogen-bond donors (Lipinski definition) is 1.